The van der Waals surface area contributed by atoms with Crippen molar-refractivity contribution in [2.75, 3.05) is 5.75 Å². The Morgan fingerprint density at radius 2 is 2.22 bits per heavy atom. The maximum Gasteiger partial charge on any atom is 0.0318 e. The smallest absolute Gasteiger partial charge is 0.0318 e. The number of benzene rings is 1. The fraction of sp³-hybridized carbons (Fsp3) is 0.267. The molecule has 1 aromatic carbocycles. The van der Waals surface area contributed by atoms with Crippen LogP contribution in [0.15, 0.2) is 41.6 Å². The summed E-state index contributed by atoms with van der Waals surface area (Å²) >= 11 is 1.97. The van der Waals surface area contributed by atoms with Crippen molar-refractivity contribution in [2.45, 2.75) is 24.3 Å². The summed E-state index contributed by atoms with van der Waals surface area (Å²) in [5.74, 6) is 1.25. The number of thioether (sulfide) groups is 1. The molecule has 2 heterocycles. The van der Waals surface area contributed by atoms with Crippen molar-refractivity contribution in [1.82, 2.24) is 4.98 Å². The second-order valence-corrected chi connectivity index (χ2v) is 5.65. The van der Waals surface area contributed by atoms with E-state index in [-0.39, 0.29) is 0 Å². The number of aromatic nitrogens is 1. The summed E-state index contributed by atoms with van der Waals surface area (Å²) in [6, 6.07) is 8.82. The van der Waals surface area contributed by atoms with Crippen LogP contribution in [0, 0.1) is 0 Å². The van der Waals surface area contributed by atoms with E-state index < -0.39 is 0 Å². The molecule has 3 rings (SSSR count). The first-order valence-electron chi connectivity index (χ1n) is 6.27. The summed E-state index contributed by atoms with van der Waals surface area (Å²) in [4.78, 5) is 5.58. The standard InChI is InChI=1S/C15H16N2S/c16-9-13-10-17-6-5-14(13)11-3-4-15-12(8-11)2-1-7-18-15/h3-6,8,10H,1-2,7,9,16H2. The van der Waals surface area contributed by atoms with Gasteiger partial charge < -0.3 is 5.73 Å². The molecule has 0 saturated heterocycles. The van der Waals surface area contributed by atoms with Gasteiger partial charge >= 0.3 is 0 Å². The SMILES string of the molecule is NCc1cnccc1-c1ccc2c(c1)CCCS2. The van der Waals surface area contributed by atoms with E-state index in [9.17, 15) is 0 Å². The van der Waals surface area contributed by atoms with Gasteiger partial charge in [-0.1, -0.05) is 12.1 Å². The summed E-state index contributed by atoms with van der Waals surface area (Å²) in [6.07, 6.45) is 6.17. The van der Waals surface area contributed by atoms with Crippen molar-refractivity contribution in [3.63, 3.8) is 0 Å². The number of fused-ring (bicyclic) bond motifs is 1. The first-order chi connectivity index (χ1) is 8.88. The van der Waals surface area contributed by atoms with Gasteiger partial charge in [0.05, 0.1) is 0 Å². The van der Waals surface area contributed by atoms with Crippen LogP contribution in [0.2, 0.25) is 0 Å². The van der Waals surface area contributed by atoms with Gasteiger partial charge in [-0.25, -0.2) is 0 Å². The Hall–Kier alpha value is -1.32. The monoisotopic (exact) mass is 256 g/mol. The Kier molecular flexibility index (Phi) is 3.35. The molecule has 1 aliphatic rings. The van der Waals surface area contributed by atoms with Crippen molar-refractivity contribution in [3.05, 3.63) is 47.8 Å². The number of nitrogens with zero attached hydrogens (tertiary/aromatic N) is 1. The van der Waals surface area contributed by atoms with Crippen LogP contribution in [0.1, 0.15) is 17.5 Å². The zero-order valence-electron chi connectivity index (χ0n) is 10.2. The highest BCUT2D eigenvalue weighted by molar-refractivity contribution is 7.99. The molecule has 0 fully saturated rings. The summed E-state index contributed by atoms with van der Waals surface area (Å²) in [5, 5.41) is 0. The molecule has 2 N–H and O–H groups in total. The maximum atomic E-state index is 5.78. The molecule has 0 amide bonds. The molecular formula is C15H16N2S. The molecular weight excluding hydrogens is 240 g/mol. The quantitative estimate of drug-likeness (QED) is 0.896. The molecule has 2 nitrogen and oxygen atoms in total. The van der Waals surface area contributed by atoms with Crippen molar-refractivity contribution in [1.29, 1.82) is 0 Å². The molecule has 0 spiro atoms. The summed E-state index contributed by atoms with van der Waals surface area (Å²) in [7, 11) is 0. The second kappa shape index (κ2) is 5.12. The van der Waals surface area contributed by atoms with Gasteiger partial charge in [0.25, 0.3) is 0 Å². The minimum Gasteiger partial charge on any atom is -0.326 e. The van der Waals surface area contributed by atoms with E-state index >= 15 is 0 Å². The van der Waals surface area contributed by atoms with Gasteiger partial charge in [0.1, 0.15) is 0 Å². The Morgan fingerprint density at radius 1 is 1.28 bits per heavy atom. The lowest BCUT2D eigenvalue weighted by Gasteiger charge is -2.17. The summed E-state index contributed by atoms with van der Waals surface area (Å²) in [6.45, 7) is 0.537. The van der Waals surface area contributed by atoms with E-state index in [4.69, 9.17) is 5.73 Å². The highest BCUT2D eigenvalue weighted by Crippen LogP contribution is 2.33. The molecule has 0 saturated carbocycles. The van der Waals surface area contributed by atoms with Crippen LogP contribution in [-0.4, -0.2) is 10.7 Å². The maximum absolute atomic E-state index is 5.78. The fourth-order valence-corrected chi connectivity index (χ4v) is 3.42. The number of aryl methyl sites for hydroxylation is 1. The van der Waals surface area contributed by atoms with Gasteiger partial charge in [0, 0.05) is 23.8 Å². The number of hydrogen-bond acceptors (Lipinski definition) is 3. The first kappa shape index (κ1) is 11.8. The number of pyridine rings is 1. The topological polar surface area (TPSA) is 38.9 Å². The van der Waals surface area contributed by atoms with E-state index in [0.717, 1.165) is 5.56 Å². The Balaban J connectivity index is 2.06. The average molecular weight is 256 g/mol. The van der Waals surface area contributed by atoms with E-state index in [1.165, 1.54) is 40.2 Å². The van der Waals surface area contributed by atoms with Gasteiger partial charge in [-0.05, 0) is 53.0 Å². The molecule has 2 aromatic rings. The van der Waals surface area contributed by atoms with Crippen LogP contribution >= 0.6 is 11.8 Å². The third kappa shape index (κ3) is 2.16. The molecule has 0 radical (unpaired) electrons. The van der Waals surface area contributed by atoms with E-state index in [1.54, 1.807) is 0 Å². The second-order valence-electron chi connectivity index (χ2n) is 4.51. The van der Waals surface area contributed by atoms with Gasteiger partial charge in [0.15, 0.2) is 0 Å². The van der Waals surface area contributed by atoms with Crippen LogP contribution in [-0.2, 0) is 13.0 Å². The third-order valence-electron chi connectivity index (χ3n) is 3.34. The van der Waals surface area contributed by atoms with E-state index in [0.29, 0.717) is 6.54 Å². The van der Waals surface area contributed by atoms with Crippen molar-refractivity contribution < 1.29 is 0 Å². The molecule has 0 unspecified atom stereocenters. The molecule has 0 atom stereocenters. The van der Waals surface area contributed by atoms with Gasteiger partial charge in [0.2, 0.25) is 0 Å². The molecule has 92 valence electrons. The first-order valence-corrected chi connectivity index (χ1v) is 7.26. The van der Waals surface area contributed by atoms with E-state index in [1.807, 2.05) is 24.2 Å². The lowest BCUT2D eigenvalue weighted by atomic mass is 9.98. The number of rotatable bonds is 2. The van der Waals surface area contributed by atoms with E-state index in [2.05, 4.69) is 29.2 Å². The van der Waals surface area contributed by atoms with Crippen molar-refractivity contribution in [3.8, 4) is 11.1 Å². The minimum absolute atomic E-state index is 0.537. The lowest BCUT2D eigenvalue weighted by molar-refractivity contribution is 0.890. The lowest BCUT2D eigenvalue weighted by Crippen LogP contribution is -2.01. The summed E-state index contributed by atoms with van der Waals surface area (Å²) < 4.78 is 0. The normalized spacial score (nSPS) is 14.3. The zero-order chi connectivity index (χ0) is 12.4. The molecule has 0 bridgehead atoms. The Bertz CT molecular complexity index is 566. The van der Waals surface area contributed by atoms with Gasteiger partial charge in [-0.2, -0.15) is 0 Å². The highest BCUT2D eigenvalue weighted by atomic mass is 32.2. The average Bonchev–Trinajstić information content (AvgIpc) is 2.46. The predicted molar refractivity (Wildman–Crippen MR) is 76.6 cm³/mol. The van der Waals surface area contributed by atoms with Gasteiger partial charge in [-0.15, -0.1) is 11.8 Å². The molecule has 18 heavy (non-hydrogen) atoms. The number of hydrogen-bond donors (Lipinski definition) is 1. The minimum atomic E-state index is 0.537. The molecule has 3 heteroatoms. The van der Waals surface area contributed by atoms with Crippen LogP contribution in [0.5, 0.6) is 0 Å². The Labute approximate surface area is 112 Å². The molecule has 1 aromatic heterocycles. The molecule has 1 aliphatic heterocycles. The zero-order valence-corrected chi connectivity index (χ0v) is 11.0. The fourth-order valence-electron chi connectivity index (χ4n) is 2.40. The predicted octanol–water partition coefficient (Wildman–Crippen LogP) is 3.25. The van der Waals surface area contributed by atoms with Gasteiger partial charge in [-0.3, -0.25) is 4.98 Å². The highest BCUT2D eigenvalue weighted by Gasteiger charge is 2.11. The van der Waals surface area contributed by atoms with Crippen LogP contribution in [0.25, 0.3) is 11.1 Å². The van der Waals surface area contributed by atoms with Crippen molar-refractivity contribution in [2.24, 2.45) is 5.73 Å². The third-order valence-corrected chi connectivity index (χ3v) is 4.55. The van der Waals surface area contributed by atoms with Crippen molar-refractivity contribution >= 4 is 11.8 Å². The van der Waals surface area contributed by atoms with Crippen LogP contribution in [0.3, 0.4) is 0 Å². The largest absolute Gasteiger partial charge is 0.326 e. The number of nitrogens with two attached hydrogens (primary N) is 1. The van der Waals surface area contributed by atoms with Crippen LogP contribution in [0.4, 0.5) is 0 Å². The van der Waals surface area contributed by atoms with Crippen LogP contribution < -0.4 is 5.73 Å². The molecule has 0 aliphatic carbocycles. The summed E-state index contributed by atoms with van der Waals surface area (Å²) in [5.41, 5.74) is 10.8. The Morgan fingerprint density at radius 3 is 3.11 bits per heavy atom.